The second kappa shape index (κ2) is 10.2. The first-order chi connectivity index (χ1) is 10.7. The highest BCUT2D eigenvalue weighted by Gasteiger charge is 2.10. The zero-order valence-electron chi connectivity index (χ0n) is 13.1. The molecular weight excluding hydrogens is 334 g/mol. The molecule has 5 nitrogen and oxygen atoms in total. The molecule has 0 spiro atoms. The molecule has 1 aromatic carbocycles. The third kappa shape index (κ3) is 5.82. The summed E-state index contributed by atoms with van der Waals surface area (Å²) in [6.45, 7) is 3.68. The number of thiazole rings is 1. The Hall–Kier alpha value is -1.63. The van der Waals surface area contributed by atoms with Gasteiger partial charge in [-0.25, -0.2) is 4.98 Å². The van der Waals surface area contributed by atoms with E-state index in [0.717, 1.165) is 22.7 Å². The van der Waals surface area contributed by atoms with E-state index in [1.807, 2.05) is 31.2 Å². The molecule has 0 saturated heterocycles. The van der Waals surface area contributed by atoms with Crippen molar-refractivity contribution in [1.82, 2.24) is 10.3 Å². The number of ether oxygens (including phenoxy) is 1. The summed E-state index contributed by atoms with van der Waals surface area (Å²) < 4.78 is 5.57. The minimum atomic E-state index is -0.145. The quantitative estimate of drug-likeness (QED) is 0.762. The number of halogens is 1. The van der Waals surface area contributed by atoms with Crippen LogP contribution in [-0.2, 0) is 12.8 Å². The first kappa shape index (κ1) is 19.4. The zero-order chi connectivity index (χ0) is 15.8. The Morgan fingerprint density at radius 2 is 2.13 bits per heavy atom. The van der Waals surface area contributed by atoms with Crippen LogP contribution in [0.15, 0.2) is 29.6 Å². The maximum atomic E-state index is 12.0. The minimum Gasteiger partial charge on any atom is -0.494 e. The number of nitrogens with zero attached hydrogens (tertiary/aromatic N) is 1. The zero-order valence-corrected chi connectivity index (χ0v) is 14.7. The largest absolute Gasteiger partial charge is 0.494 e. The van der Waals surface area contributed by atoms with E-state index >= 15 is 0 Å². The Balaban J connectivity index is 0.00000264. The molecule has 0 saturated carbocycles. The molecule has 0 bridgehead atoms. The first-order valence-electron chi connectivity index (χ1n) is 7.38. The predicted octanol–water partition coefficient (Wildman–Crippen LogP) is 2.44. The van der Waals surface area contributed by atoms with Gasteiger partial charge in [-0.2, -0.15) is 0 Å². The van der Waals surface area contributed by atoms with Crippen molar-refractivity contribution >= 4 is 29.7 Å². The van der Waals surface area contributed by atoms with Gasteiger partial charge in [-0.05, 0) is 31.5 Å². The highest BCUT2D eigenvalue weighted by Crippen LogP contribution is 2.18. The predicted molar refractivity (Wildman–Crippen MR) is 95.8 cm³/mol. The van der Waals surface area contributed by atoms with E-state index in [1.165, 1.54) is 11.3 Å². The summed E-state index contributed by atoms with van der Waals surface area (Å²) in [7, 11) is 0. The molecule has 1 amide bonds. The Morgan fingerprint density at radius 1 is 1.35 bits per heavy atom. The molecule has 2 aromatic rings. The van der Waals surface area contributed by atoms with Gasteiger partial charge in [0, 0.05) is 18.3 Å². The maximum absolute atomic E-state index is 12.0. The summed E-state index contributed by atoms with van der Waals surface area (Å²) >= 11 is 1.47. The molecule has 1 heterocycles. The van der Waals surface area contributed by atoms with E-state index in [9.17, 15) is 4.79 Å². The van der Waals surface area contributed by atoms with Crippen molar-refractivity contribution in [3.8, 4) is 5.75 Å². The topological polar surface area (TPSA) is 77.2 Å². The number of hydrogen-bond acceptors (Lipinski definition) is 5. The number of rotatable bonds is 8. The highest BCUT2D eigenvalue weighted by molar-refractivity contribution is 7.09. The number of benzene rings is 1. The average molecular weight is 356 g/mol. The van der Waals surface area contributed by atoms with Gasteiger partial charge in [-0.15, -0.1) is 23.7 Å². The van der Waals surface area contributed by atoms with Gasteiger partial charge in [0.1, 0.15) is 11.4 Å². The third-order valence-electron chi connectivity index (χ3n) is 3.09. The number of nitrogens with one attached hydrogen (secondary N) is 1. The summed E-state index contributed by atoms with van der Waals surface area (Å²) in [6, 6.07) is 7.88. The summed E-state index contributed by atoms with van der Waals surface area (Å²) in [5, 5.41) is 5.56. The van der Waals surface area contributed by atoms with Crippen molar-refractivity contribution in [2.45, 2.75) is 19.8 Å². The average Bonchev–Trinajstić information content (AvgIpc) is 2.98. The van der Waals surface area contributed by atoms with Crippen molar-refractivity contribution in [3.63, 3.8) is 0 Å². The number of amides is 1. The van der Waals surface area contributed by atoms with Crippen molar-refractivity contribution in [3.05, 3.63) is 45.9 Å². The first-order valence-corrected chi connectivity index (χ1v) is 8.26. The monoisotopic (exact) mass is 355 g/mol. The maximum Gasteiger partial charge on any atom is 0.270 e. The van der Waals surface area contributed by atoms with E-state index < -0.39 is 0 Å². The van der Waals surface area contributed by atoms with Crippen molar-refractivity contribution in [1.29, 1.82) is 0 Å². The molecule has 3 N–H and O–H groups in total. The molecule has 0 aliphatic heterocycles. The second-order valence-electron chi connectivity index (χ2n) is 4.71. The van der Waals surface area contributed by atoms with Crippen molar-refractivity contribution in [2.75, 3.05) is 19.7 Å². The number of carbonyl (C=O) groups is 1. The lowest BCUT2D eigenvalue weighted by Gasteiger charge is -2.10. The third-order valence-corrected chi connectivity index (χ3v) is 4.00. The fraction of sp³-hybridized carbons (Fsp3) is 0.375. The fourth-order valence-corrected chi connectivity index (χ4v) is 2.86. The molecule has 0 radical (unpaired) electrons. The van der Waals surface area contributed by atoms with Crippen molar-refractivity contribution < 1.29 is 9.53 Å². The molecule has 1 aromatic heterocycles. The van der Waals surface area contributed by atoms with Crippen LogP contribution in [0.4, 0.5) is 0 Å². The Morgan fingerprint density at radius 3 is 2.87 bits per heavy atom. The number of nitrogens with two attached hydrogens (primary N) is 1. The van der Waals surface area contributed by atoms with E-state index in [4.69, 9.17) is 10.5 Å². The van der Waals surface area contributed by atoms with Crippen LogP contribution in [0.2, 0.25) is 0 Å². The van der Waals surface area contributed by atoms with Crippen molar-refractivity contribution in [2.24, 2.45) is 5.73 Å². The lowest BCUT2D eigenvalue weighted by Crippen LogP contribution is -2.26. The number of aromatic nitrogens is 1. The highest BCUT2D eigenvalue weighted by atomic mass is 35.5. The smallest absolute Gasteiger partial charge is 0.270 e. The number of para-hydroxylation sites is 1. The van der Waals surface area contributed by atoms with E-state index in [0.29, 0.717) is 31.8 Å². The summed E-state index contributed by atoms with van der Waals surface area (Å²) in [5.41, 5.74) is 7.04. The van der Waals surface area contributed by atoms with Crippen LogP contribution < -0.4 is 15.8 Å². The molecular formula is C16H22ClN3O2S. The Kier molecular flexibility index (Phi) is 8.61. The molecule has 0 unspecified atom stereocenters. The van der Waals surface area contributed by atoms with Crippen LogP contribution in [0.3, 0.4) is 0 Å². The van der Waals surface area contributed by atoms with E-state index in [2.05, 4.69) is 10.3 Å². The molecule has 7 heteroatoms. The standard InChI is InChI=1S/C16H21N3O2S.ClH/c1-2-21-14-6-4-3-5-12(14)8-10-18-16(20)13-11-22-15(19-13)7-9-17;/h3-6,11H,2,7-10,17H2,1H3,(H,18,20);1H. The molecule has 0 aliphatic carbocycles. The molecule has 126 valence electrons. The molecule has 0 fully saturated rings. The minimum absolute atomic E-state index is 0. The van der Waals surface area contributed by atoms with Gasteiger partial charge in [-0.3, -0.25) is 4.79 Å². The van der Waals surface area contributed by atoms with Crippen LogP contribution >= 0.6 is 23.7 Å². The number of hydrogen-bond donors (Lipinski definition) is 2. The lowest BCUT2D eigenvalue weighted by atomic mass is 10.1. The van der Waals surface area contributed by atoms with Gasteiger partial charge in [0.25, 0.3) is 5.91 Å². The van der Waals surface area contributed by atoms with Crippen LogP contribution in [0, 0.1) is 0 Å². The Bertz CT molecular complexity index is 619. The molecule has 2 rings (SSSR count). The van der Waals surface area contributed by atoms with E-state index in [1.54, 1.807) is 5.38 Å². The number of carbonyl (C=O) groups excluding carboxylic acids is 1. The van der Waals surface area contributed by atoms with E-state index in [-0.39, 0.29) is 18.3 Å². The SMILES string of the molecule is CCOc1ccccc1CCNC(=O)c1csc(CCN)n1.Cl. The normalized spacial score (nSPS) is 10.0. The Labute approximate surface area is 146 Å². The van der Waals surface area contributed by atoms with Gasteiger partial charge < -0.3 is 15.8 Å². The van der Waals surface area contributed by atoms with Gasteiger partial charge in [0.05, 0.1) is 11.6 Å². The van der Waals surface area contributed by atoms with Gasteiger partial charge in [0.15, 0.2) is 0 Å². The lowest BCUT2D eigenvalue weighted by molar-refractivity contribution is 0.0949. The van der Waals surface area contributed by atoms with Gasteiger partial charge >= 0.3 is 0 Å². The molecule has 0 atom stereocenters. The van der Waals surface area contributed by atoms with Crippen LogP contribution in [0.25, 0.3) is 0 Å². The second-order valence-corrected chi connectivity index (χ2v) is 5.65. The van der Waals surface area contributed by atoms with Crippen LogP contribution in [0.5, 0.6) is 5.75 Å². The van der Waals surface area contributed by atoms with Crippen LogP contribution in [0.1, 0.15) is 28.0 Å². The van der Waals surface area contributed by atoms with Crippen LogP contribution in [-0.4, -0.2) is 30.6 Å². The molecule has 0 aliphatic rings. The summed E-state index contributed by atoms with van der Waals surface area (Å²) in [6.07, 6.45) is 1.43. The summed E-state index contributed by atoms with van der Waals surface area (Å²) in [5.74, 6) is 0.728. The van der Waals surface area contributed by atoms with Gasteiger partial charge in [0.2, 0.25) is 0 Å². The molecule has 23 heavy (non-hydrogen) atoms. The summed E-state index contributed by atoms with van der Waals surface area (Å²) in [4.78, 5) is 16.3. The fourth-order valence-electron chi connectivity index (χ4n) is 2.06. The van der Waals surface area contributed by atoms with Gasteiger partial charge in [-0.1, -0.05) is 18.2 Å².